The SMILES string of the molecule is COc1c(C)cc(Br)c(C)c1C(N)c1ccc(Cl)o1. The second-order valence-corrected chi connectivity index (χ2v) is 5.59. The summed E-state index contributed by atoms with van der Waals surface area (Å²) in [6.07, 6.45) is 0. The Morgan fingerprint density at radius 1 is 1.37 bits per heavy atom. The summed E-state index contributed by atoms with van der Waals surface area (Å²) in [5.41, 5.74) is 9.24. The van der Waals surface area contributed by atoms with E-state index in [2.05, 4.69) is 15.9 Å². The summed E-state index contributed by atoms with van der Waals surface area (Å²) in [5, 5.41) is 0.328. The first-order valence-corrected chi connectivity index (χ1v) is 6.97. The van der Waals surface area contributed by atoms with Gasteiger partial charge in [0.25, 0.3) is 0 Å². The molecule has 2 N–H and O–H groups in total. The van der Waals surface area contributed by atoms with Gasteiger partial charge in [-0.3, -0.25) is 0 Å². The van der Waals surface area contributed by atoms with Gasteiger partial charge in [-0.15, -0.1) is 0 Å². The van der Waals surface area contributed by atoms with Crippen LogP contribution in [-0.2, 0) is 0 Å². The fraction of sp³-hybridized carbons (Fsp3) is 0.286. The van der Waals surface area contributed by atoms with E-state index in [-0.39, 0.29) is 0 Å². The molecule has 0 saturated carbocycles. The largest absolute Gasteiger partial charge is 0.496 e. The lowest BCUT2D eigenvalue weighted by Crippen LogP contribution is -2.15. The molecule has 2 rings (SSSR count). The van der Waals surface area contributed by atoms with Crippen molar-refractivity contribution in [3.63, 3.8) is 0 Å². The van der Waals surface area contributed by atoms with Gasteiger partial charge in [0.1, 0.15) is 11.5 Å². The van der Waals surface area contributed by atoms with E-state index in [0.717, 1.165) is 26.9 Å². The highest BCUT2D eigenvalue weighted by atomic mass is 79.9. The highest BCUT2D eigenvalue weighted by molar-refractivity contribution is 9.10. The number of rotatable bonds is 3. The molecule has 0 fully saturated rings. The lowest BCUT2D eigenvalue weighted by atomic mass is 9.96. The minimum absolute atomic E-state index is 0.328. The Morgan fingerprint density at radius 3 is 2.58 bits per heavy atom. The third kappa shape index (κ3) is 2.66. The van der Waals surface area contributed by atoms with Gasteiger partial charge in [-0.1, -0.05) is 15.9 Å². The van der Waals surface area contributed by atoms with Gasteiger partial charge in [-0.25, -0.2) is 0 Å². The summed E-state index contributed by atoms with van der Waals surface area (Å²) in [4.78, 5) is 0. The molecule has 0 saturated heterocycles. The van der Waals surface area contributed by atoms with Crippen molar-refractivity contribution >= 4 is 27.5 Å². The minimum Gasteiger partial charge on any atom is -0.496 e. The molecule has 0 amide bonds. The van der Waals surface area contributed by atoms with Gasteiger partial charge >= 0.3 is 0 Å². The summed E-state index contributed by atoms with van der Waals surface area (Å²) in [5.74, 6) is 1.39. The van der Waals surface area contributed by atoms with Crippen LogP contribution in [0.15, 0.2) is 27.1 Å². The normalized spacial score (nSPS) is 12.5. The van der Waals surface area contributed by atoms with Crippen LogP contribution in [0.4, 0.5) is 0 Å². The number of benzene rings is 1. The van der Waals surface area contributed by atoms with Crippen LogP contribution >= 0.6 is 27.5 Å². The molecule has 1 atom stereocenters. The molecule has 0 aliphatic rings. The van der Waals surface area contributed by atoms with E-state index in [1.807, 2.05) is 19.9 Å². The van der Waals surface area contributed by atoms with Crippen LogP contribution < -0.4 is 10.5 Å². The number of ether oxygens (including phenoxy) is 1. The molecule has 3 nitrogen and oxygen atoms in total. The molecule has 1 aromatic carbocycles. The maximum atomic E-state index is 6.29. The number of nitrogens with two attached hydrogens (primary N) is 1. The second-order valence-electron chi connectivity index (χ2n) is 4.37. The van der Waals surface area contributed by atoms with Gasteiger partial charge in [0.15, 0.2) is 5.22 Å². The zero-order valence-corrected chi connectivity index (χ0v) is 13.3. The van der Waals surface area contributed by atoms with Crippen LogP contribution in [-0.4, -0.2) is 7.11 Å². The lowest BCUT2D eigenvalue weighted by molar-refractivity contribution is 0.399. The number of hydrogen-bond acceptors (Lipinski definition) is 3. The van der Waals surface area contributed by atoms with Crippen LogP contribution in [0, 0.1) is 13.8 Å². The third-order valence-corrected chi connectivity index (χ3v) is 4.15. The Balaban J connectivity index is 2.60. The Morgan fingerprint density at radius 2 is 2.05 bits per heavy atom. The average Bonchev–Trinajstić information content (AvgIpc) is 2.79. The van der Waals surface area contributed by atoms with Gasteiger partial charge in [0.05, 0.1) is 13.2 Å². The molecule has 102 valence electrons. The zero-order chi connectivity index (χ0) is 14.2. The first kappa shape index (κ1) is 14.4. The number of halogens is 2. The predicted octanol–water partition coefficient (Wildman–Crippen LogP) is 4.37. The summed E-state index contributed by atoms with van der Waals surface area (Å²) >= 11 is 9.34. The Kier molecular flexibility index (Phi) is 4.23. The molecular weight excluding hydrogens is 330 g/mol. The molecule has 5 heteroatoms. The van der Waals surface area contributed by atoms with Gasteiger partial charge in [-0.05, 0) is 54.8 Å². The van der Waals surface area contributed by atoms with Crippen LogP contribution in [0.1, 0.15) is 28.5 Å². The number of furan rings is 1. The van der Waals surface area contributed by atoms with Crippen molar-refractivity contribution < 1.29 is 9.15 Å². The maximum absolute atomic E-state index is 6.29. The van der Waals surface area contributed by atoms with Crippen LogP contribution in [0.25, 0.3) is 0 Å². The second kappa shape index (κ2) is 5.57. The van der Waals surface area contributed by atoms with Crippen LogP contribution in [0.2, 0.25) is 5.22 Å². The third-order valence-electron chi connectivity index (χ3n) is 3.12. The zero-order valence-electron chi connectivity index (χ0n) is 11.0. The quantitative estimate of drug-likeness (QED) is 0.899. The summed E-state index contributed by atoms with van der Waals surface area (Å²) in [7, 11) is 1.64. The number of methoxy groups -OCH3 is 1. The summed E-state index contributed by atoms with van der Waals surface area (Å²) < 4.78 is 11.9. The van der Waals surface area contributed by atoms with Gasteiger partial charge in [0, 0.05) is 10.0 Å². The molecular formula is C14H15BrClNO2. The minimum atomic E-state index is -0.418. The molecule has 19 heavy (non-hydrogen) atoms. The van der Waals surface area contributed by atoms with E-state index in [4.69, 9.17) is 26.5 Å². The molecule has 0 aliphatic carbocycles. The summed E-state index contributed by atoms with van der Waals surface area (Å²) in [6.45, 7) is 3.97. The van der Waals surface area contributed by atoms with E-state index < -0.39 is 6.04 Å². The van der Waals surface area contributed by atoms with Gasteiger partial charge < -0.3 is 14.9 Å². The number of aryl methyl sites for hydroxylation is 1. The van der Waals surface area contributed by atoms with Crippen molar-refractivity contribution in [3.8, 4) is 5.75 Å². The fourth-order valence-electron chi connectivity index (χ4n) is 2.16. The molecule has 1 unspecified atom stereocenters. The lowest BCUT2D eigenvalue weighted by Gasteiger charge is -2.19. The number of hydrogen-bond donors (Lipinski definition) is 1. The van der Waals surface area contributed by atoms with Gasteiger partial charge in [0.2, 0.25) is 0 Å². The van der Waals surface area contributed by atoms with E-state index >= 15 is 0 Å². The van der Waals surface area contributed by atoms with Crippen LogP contribution in [0.3, 0.4) is 0 Å². The van der Waals surface area contributed by atoms with Crippen molar-refractivity contribution in [1.82, 2.24) is 0 Å². The van der Waals surface area contributed by atoms with E-state index in [9.17, 15) is 0 Å². The monoisotopic (exact) mass is 343 g/mol. The topological polar surface area (TPSA) is 48.4 Å². The molecule has 0 bridgehead atoms. The fourth-order valence-corrected chi connectivity index (χ4v) is 2.87. The Labute approximate surface area is 125 Å². The van der Waals surface area contributed by atoms with Gasteiger partial charge in [-0.2, -0.15) is 0 Å². The predicted molar refractivity (Wildman–Crippen MR) is 79.9 cm³/mol. The van der Waals surface area contributed by atoms with Crippen molar-refractivity contribution in [3.05, 3.63) is 50.3 Å². The van der Waals surface area contributed by atoms with Crippen molar-refractivity contribution in [1.29, 1.82) is 0 Å². The maximum Gasteiger partial charge on any atom is 0.193 e. The first-order chi connectivity index (χ1) is 8.95. The highest BCUT2D eigenvalue weighted by Crippen LogP contribution is 2.38. The molecule has 0 radical (unpaired) electrons. The summed E-state index contributed by atoms with van der Waals surface area (Å²) in [6, 6.07) is 5.06. The molecule has 1 heterocycles. The molecule has 0 aliphatic heterocycles. The molecule has 1 aromatic heterocycles. The van der Waals surface area contributed by atoms with Crippen molar-refractivity contribution in [2.45, 2.75) is 19.9 Å². The van der Waals surface area contributed by atoms with Crippen molar-refractivity contribution in [2.24, 2.45) is 5.73 Å². The average molecular weight is 345 g/mol. The highest BCUT2D eigenvalue weighted by Gasteiger charge is 2.22. The van der Waals surface area contributed by atoms with Crippen LogP contribution in [0.5, 0.6) is 5.75 Å². The molecule has 2 aromatic rings. The van der Waals surface area contributed by atoms with E-state index in [0.29, 0.717) is 11.0 Å². The van der Waals surface area contributed by atoms with E-state index in [1.165, 1.54) is 0 Å². The molecule has 0 spiro atoms. The van der Waals surface area contributed by atoms with Crippen molar-refractivity contribution in [2.75, 3.05) is 7.11 Å². The first-order valence-electron chi connectivity index (χ1n) is 5.80. The van der Waals surface area contributed by atoms with E-state index in [1.54, 1.807) is 19.2 Å². The Bertz CT molecular complexity index is 610. The smallest absolute Gasteiger partial charge is 0.193 e. The standard InChI is InChI=1S/C14H15BrClNO2/c1-7-6-9(15)8(2)12(14(7)18-3)13(17)10-4-5-11(16)19-10/h4-6,13H,17H2,1-3H3. The Hall–Kier alpha value is -0.970.